The zero-order chi connectivity index (χ0) is 21.8. The van der Waals surface area contributed by atoms with E-state index in [1.807, 2.05) is 4.90 Å². The van der Waals surface area contributed by atoms with Gasteiger partial charge in [0.25, 0.3) is 11.8 Å². The van der Waals surface area contributed by atoms with Gasteiger partial charge < -0.3 is 19.7 Å². The number of carbonyl (C=O) groups is 2. The summed E-state index contributed by atoms with van der Waals surface area (Å²) in [4.78, 5) is 29.2. The number of ether oxygens (including phenoxy) is 2. The summed E-state index contributed by atoms with van der Waals surface area (Å²) in [6.07, 6.45) is 3.21. The molecule has 0 unspecified atom stereocenters. The lowest BCUT2D eigenvalue weighted by Crippen LogP contribution is -2.41. The van der Waals surface area contributed by atoms with Crippen LogP contribution in [0.25, 0.3) is 0 Å². The molecule has 2 heterocycles. The van der Waals surface area contributed by atoms with Crippen LogP contribution in [0, 0.1) is 11.3 Å². The number of amides is 2. The molecule has 1 aromatic carbocycles. The van der Waals surface area contributed by atoms with Crippen LogP contribution in [0.2, 0.25) is 0 Å². The molecule has 2 amide bonds. The van der Waals surface area contributed by atoms with Crippen molar-refractivity contribution in [1.82, 2.24) is 4.90 Å². The molecule has 162 valence electrons. The van der Waals surface area contributed by atoms with Gasteiger partial charge in [-0.1, -0.05) is 0 Å². The number of carbonyl (C=O) groups excluding carboxylic acids is 2. The molecule has 8 heteroatoms. The van der Waals surface area contributed by atoms with Crippen molar-refractivity contribution < 1.29 is 19.1 Å². The molecule has 1 aliphatic carbocycles. The summed E-state index contributed by atoms with van der Waals surface area (Å²) in [5.41, 5.74) is 2.25. The van der Waals surface area contributed by atoms with Gasteiger partial charge in [0.05, 0.1) is 30.4 Å². The number of nitriles is 1. The number of hydrogen-bond donors (Lipinski definition) is 1. The standard InChI is InChI=1S/C23H25N3O4S/c1-15(30-17-8-6-16(14-24)7-9-17)21(27)25-22-20(18-4-2-3-5-19(18)31-22)23(28)26-10-12-29-13-11-26/h6-9,15H,2-5,10-13H2,1H3,(H,25,27)/t15-/m0/s1. The Kier molecular flexibility index (Phi) is 6.54. The highest BCUT2D eigenvalue weighted by Crippen LogP contribution is 2.39. The Morgan fingerprint density at radius 2 is 1.90 bits per heavy atom. The topological polar surface area (TPSA) is 91.7 Å². The highest BCUT2D eigenvalue weighted by molar-refractivity contribution is 7.17. The number of fused-ring (bicyclic) bond motifs is 1. The maximum Gasteiger partial charge on any atom is 0.265 e. The molecule has 1 N–H and O–H groups in total. The third-order valence-electron chi connectivity index (χ3n) is 5.59. The molecule has 2 aliphatic rings. The third kappa shape index (κ3) is 4.73. The van der Waals surface area contributed by atoms with Crippen LogP contribution in [-0.2, 0) is 22.4 Å². The maximum absolute atomic E-state index is 13.3. The zero-order valence-corrected chi connectivity index (χ0v) is 18.3. The molecular formula is C23H25N3O4S. The highest BCUT2D eigenvalue weighted by atomic mass is 32.1. The van der Waals surface area contributed by atoms with E-state index in [-0.39, 0.29) is 11.8 Å². The van der Waals surface area contributed by atoms with Crippen LogP contribution in [-0.4, -0.2) is 49.1 Å². The monoisotopic (exact) mass is 439 g/mol. The molecule has 1 aliphatic heterocycles. The lowest BCUT2D eigenvalue weighted by atomic mass is 9.95. The molecule has 1 fully saturated rings. The number of hydrogen-bond acceptors (Lipinski definition) is 6. The lowest BCUT2D eigenvalue weighted by Gasteiger charge is -2.28. The molecule has 7 nitrogen and oxygen atoms in total. The number of aryl methyl sites for hydroxylation is 1. The summed E-state index contributed by atoms with van der Waals surface area (Å²) in [5.74, 6) is 0.175. The lowest BCUT2D eigenvalue weighted by molar-refractivity contribution is -0.122. The zero-order valence-electron chi connectivity index (χ0n) is 17.5. The Hall–Kier alpha value is -2.89. The summed E-state index contributed by atoms with van der Waals surface area (Å²) in [6.45, 7) is 3.87. The van der Waals surface area contributed by atoms with Crippen molar-refractivity contribution in [1.29, 1.82) is 5.26 Å². The summed E-state index contributed by atoms with van der Waals surface area (Å²) >= 11 is 1.51. The second kappa shape index (κ2) is 9.50. The first kappa shape index (κ1) is 21.3. The van der Waals surface area contributed by atoms with E-state index in [0.29, 0.717) is 48.2 Å². The molecular weight excluding hydrogens is 414 g/mol. The van der Waals surface area contributed by atoms with Gasteiger partial charge in [-0.15, -0.1) is 11.3 Å². The van der Waals surface area contributed by atoms with E-state index < -0.39 is 6.10 Å². The number of nitrogens with zero attached hydrogens (tertiary/aromatic N) is 2. The molecule has 0 radical (unpaired) electrons. The van der Waals surface area contributed by atoms with Gasteiger partial charge in [0.15, 0.2) is 6.10 Å². The van der Waals surface area contributed by atoms with E-state index in [1.54, 1.807) is 31.2 Å². The van der Waals surface area contributed by atoms with E-state index in [4.69, 9.17) is 14.7 Å². The number of anilines is 1. The average molecular weight is 440 g/mol. The van der Waals surface area contributed by atoms with Gasteiger partial charge in [-0.2, -0.15) is 5.26 Å². The van der Waals surface area contributed by atoms with E-state index >= 15 is 0 Å². The second-order valence-electron chi connectivity index (χ2n) is 7.71. The number of morpholine rings is 1. The molecule has 0 saturated carbocycles. The molecule has 4 rings (SSSR count). The van der Waals surface area contributed by atoms with E-state index in [9.17, 15) is 9.59 Å². The fraction of sp³-hybridized carbons (Fsp3) is 0.435. The van der Waals surface area contributed by atoms with Crippen LogP contribution >= 0.6 is 11.3 Å². The third-order valence-corrected chi connectivity index (χ3v) is 6.79. The molecule has 1 atom stereocenters. The van der Waals surface area contributed by atoms with Gasteiger partial charge in [-0.25, -0.2) is 0 Å². The number of thiophene rings is 1. The summed E-state index contributed by atoms with van der Waals surface area (Å²) in [6, 6.07) is 8.68. The first-order chi connectivity index (χ1) is 15.1. The smallest absolute Gasteiger partial charge is 0.265 e. The van der Waals surface area contributed by atoms with Crippen LogP contribution in [0.5, 0.6) is 5.75 Å². The van der Waals surface area contributed by atoms with Crippen molar-refractivity contribution in [3.8, 4) is 11.8 Å². The summed E-state index contributed by atoms with van der Waals surface area (Å²) in [7, 11) is 0. The van der Waals surface area contributed by atoms with Gasteiger partial charge >= 0.3 is 0 Å². The number of benzene rings is 1. The van der Waals surface area contributed by atoms with Crippen molar-refractivity contribution >= 4 is 28.2 Å². The Bertz CT molecular complexity index is 1000. The van der Waals surface area contributed by atoms with Gasteiger partial charge in [0.2, 0.25) is 0 Å². The van der Waals surface area contributed by atoms with Crippen LogP contribution in [0.1, 0.15) is 46.1 Å². The fourth-order valence-electron chi connectivity index (χ4n) is 3.88. The highest BCUT2D eigenvalue weighted by Gasteiger charge is 2.30. The first-order valence-electron chi connectivity index (χ1n) is 10.6. The molecule has 0 bridgehead atoms. The minimum atomic E-state index is -0.751. The first-order valence-corrected chi connectivity index (χ1v) is 11.4. The van der Waals surface area contributed by atoms with Gasteiger partial charge in [0, 0.05) is 18.0 Å². The van der Waals surface area contributed by atoms with Crippen LogP contribution in [0.3, 0.4) is 0 Å². The van der Waals surface area contributed by atoms with Crippen molar-refractivity contribution in [2.45, 2.75) is 38.7 Å². The molecule has 1 saturated heterocycles. The van der Waals surface area contributed by atoms with Crippen molar-refractivity contribution in [2.75, 3.05) is 31.6 Å². The van der Waals surface area contributed by atoms with E-state index in [1.165, 1.54) is 16.2 Å². The van der Waals surface area contributed by atoms with Crippen molar-refractivity contribution in [3.05, 3.63) is 45.8 Å². The van der Waals surface area contributed by atoms with Crippen LogP contribution in [0.15, 0.2) is 24.3 Å². The Balaban J connectivity index is 1.52. The summed E-state index contributed by atoms with van der Waals surface area (Å²) < 4.78 is 11.1. The van der Waals surface area contributed by atoms with Crippen molar-refractivity contribution in [3.63, 3.8) is 0 Å². The minimum Gasteiger partial charge on any atom is -0.481 e. The van der Waals surface area contributed by atoms with E-state index in [0.717, 1.165) is 31.2 Å². The normalized spacial score (nSPS) is 16.7. The Morgan fingerprint density at radius 3 is 2.61 bits per heavy atom. The number of rotatable bonds is 5. The average Bonchev–Trinajstić information content (AvgIpc) is 3.17. The summed E-state index contributed by atoms with van der Waals surface area (Å²) in [5, 5.41) is 12.5. The Morgan fingerprint density at radius 1 is 1.19 bits per heavy atom. The minimum absolute atomic E-state index is 0.0290. The SMILES string of the molecule is C[C@H](Oc1ccc(C#N)cc1)C(=O)Nc1sc2c(c1C(=O)N1CCOCC1)CCCC2. The Labute approximate surface area is 185 Å². The van der Waals surface area contributed by atoms with Gasteiger partial charge in [-0.3, -0.25) is 9.59 Å². The van der Waals surface area contributed by atoms with Gasteiger partial charge in [0.1, 0.15) is 10.8 Å². The largest absolute Gasteiger partial charge is 0.481 e. The van der Waals surface area contributed by atoms with Crippen LogP contribution < -0.4 is 10.1 Å². The molecule has 31 heavy (non-hydrogen) atoms. The van der Waals surface area contributed by atoms with Crippen LogP contribution in [0.4, 0.5) is 5.00 Å². The second-order valence-corrected chi connectivity index (χ2v) is 8.81. The molecule has 2 aromatic rings. The fourth-order valence-corrected chi connectivity index (χ4v) is 5.17. The maximum atomic E-state index is 13.3. The van der Waals surface area contributed by atoms with Gasteiger partial charge in [-0.05, 0) is 62.4 Å². The van der Waals surface area contributed by atoms with Crippen molar-refractivity contribution in [2.24, 2.45) is 0 Å². The predicted molar refractivity (Wildman–Crippen MR) is 118 cm³/mol. The quantitative estimate of drug-likeness (QED) is 0.771. The number of nitrogens with one attached hydrogen (secondary N) is 1. The predicted octanol–water partition coefficient (Wildman–Crippen LogP) is 3.38. The van der Waals surface area contributed by atoms with E-state index in [2.05, 4.69) is 11.4 Å². The molecule has 0 spiro atoms. The molecule has 1 aromatic heterocycles.